The normalized spacial score (nSPS) is 13.4. The fourth-order valence-electron chi connectivity index (χ4n) is 7.33. The van der Waals surface area contributed by atoms with E-state index in [9.17, 15) is 39.3 Å². The Labute approximate surface area is 396 Å². The first-order valence-electron chi connectivity index (χ1n) is 22.4. The summed E-state index contributed by atoms with van der Waals surface area (Å²) in [6.45, 7) is 0.0618. The van der Waals surface area contributed by atoms with Crippen molar-refractivity contribution in [3.05, 3.63) is 84.2 Å². The molecule has 0 radical (unpaired) electrons. The van der Waals surface area contributed by atoms with Gasteiger partial charge in [-0.25, -0.2) is 14.0 Å². The average Bonchev–Trinajstić information content (AvgIpc) is 4.17. The lowest BCUT2D eigenvalue weighted by molar-refractivity contribution is -0.154. The van der Waals surface area contributed by atoms with E-state index in [2.05, 4.69) is 46.9 Å². The Morgan fingerprint density at radius 1 is 0.687 bits per heavy atom. The predicted octanol–water partition coefficient (Wildman–Crippen LogP) is 1.37. The number of anilines is 2. The summed E-state index contributed by atoms with van der Waals surface area (Å²) in [5.74, 6) is -0.734. The lowest BCUT2D eigenvalue weighted by atomic mass is 9.80. The van der Waals surface area contributed by atoms with E-state index in [0.717, 1.165) is 30.7 Å². The number of ether oxygens (including phenoxy) is 1. The first-order valence-corrected chi connectivity index (χ1v) is 24.7. The second kappa shape index (κ2) is 26.7. The fraction of sp³-hybridized carbons (Fsp3) is 0.476. The number of aromatic nitrogens is 9. The number of hydrogen-bond acceptors (Lipinski definition) is 17. The monoisotopic (exact) mass is 958 g/mol. The molecule has 67 heavy (non-hydrogen) atoms. The van der Waals surface area contributed by atoms with Crippen molar-refractivity contribution >= 4 is 81.8 Å². The summed E-state index contributed by atoms with van der Waals surface area (Å²) in [6, 6.07) is 12.7. The van der Waals surface area contributed by atoms with Gasteiger partial charge in [-0.15, -0.1) is 15.3 Å². The second-order valence-electron chi connectivity index (χ2n) is 16.2. The van der Waals surface area contributed by atoms with E-state index in [1.54, 1.807) is 58.2 Å². The van der Waals surface area contributed by atoms with E-state index < -0.39 is 26.1 Å². The molecule has 3 amide bonds. The van der Waals surface area contributed by atoms with Crippen molar-refractivity contribution in [1.82, 2.24) is 50.3 Å². The molecule has 1 aliphatic rings. The van der Waals surface area contributed by atoms with E-state index in [1.807, 2.05) is 21.6 Å². The summed E-state index contributed by atoms with van der Waals surface area (Å²) < 4.78 is 10.5. The van der Waals surface area contributed by atoms with Crippen LogP contribution in [0.25, 0.3) is 0 Å². The minimum absolute atomic E-state index is 0.0748. The standard InChI is InChI=1S/C42H56B2N12O9S2/c57-39(16-6-3-15-38-19-20-66-67-38)45-23-37-26-48-53-56(37)29-65-42(60)30(27-54-35(24-46-51-54)13-1-4-17-40(58)49-33-11-7-9-31(21-33)43(61)62)28-55-36(25-47-52-55)14-2-5-18-41(59)50-34-12-8-10-32(22-34)44(63)64/h7-12,21-22,24-26,30,38,61-64H,1-6,13-20,23,27-29H2,(H,45,57)(H,49,58)(H,50,59)/t38-/m0/s1. The Balaban J connectivity index is 1.03. The van der Waals surface area contributed by atoms with Crippen molar-refractivity contribution in [2.75, 3.05) is 16.4 Å². The summed E-state index contributed by atoms with van der Waals surface area (Å²) >= 11 is 0. The van der Waals surface area contributed by atoms with Gasteiger partial charge in [-0.3, -0.25) is 19.2 Å². The van der Waals surface area contributed by atoms with Gasteiger partial charge in [0.2, 0.25) is 17.7 Å². The average molecular weight is 959 g/mol. The lowest BCUT2D eigenvalue weighted by Gasteiger charge is -2.18. The van der Waals surface area contributed by atoms with E-state index in [0.29, 0.717) is 67.3 Å². The number of amides is 3. The van der Waals surface area contributed by atoms with E-state index in [-0.39, 0.29) is 67.9 Å². The van der Waals surface area contributed by atoms with E-state index in [1.165, 1.54) is 35.2 Å². The third-order valence-electron chi connectivity index (χ3n) is 11.0. The smallest absolute Gasteiger partial charge is 0.442 e. The van der Waals surface area contributed by atoms with E-state index in [4.69, 9.17) is 4.74 Å². The maximum atomic E-state index is 14.0. The topological polar surface area (TPSA) is 287 Å². The van der Waals surface area contributed by atoms with Crippen LogP contribution in [0, 0.1) is 5.92 Å². The van der Waals surface area contributed by atoms with Crippen LogP contribution in [-0.2, 0) is 63.1 Å². The molecule has 4 heterocycles. The molecule has 1 aliphatic heterocycles. The quantitative estimate of drug-likeness (QED) is 0.0161. The fourth-order valence-corrected chi connectivity index (χ4v) is 10.4. The number of carbonyl (C=O) groups excluding carboxylic acids is 4. The highest BCUT2D eigenvalue weighted by Crippen LogP contribution is 2.39. The maximum Gasteiger partial charge on any atom is 0.488 e. The Morgan fingerprint density at radius 2 is 1.21 bits per heavy atom. The second-order valence-corrected chi connectivity index (χ2v) is 19.0. The largest absolute Gasteiger partial charge is 0.488 e. The zero-order valence-corrected chi connectivity index (χ0v) is 38.7. The Bertz CT molecular complexity index is 2250. The Hall–Kier alpha value is -5.59. The molecule has 0 saturated carbocycles. The van der Waals surface area contributed by atoms with Crippen molar-refractivity contribution in [1.29, 1.82) is 0 Å². The molecule has 0 aliphatic carbocycles. The van der Waals surface area contributed by atoms with Crippen LogP contribution in [0.1, 0.15) is 87.7 Å². The maximum absolute atomic E-state index is 14.0. The third kappa shape index (κ3) is 16.9. The number of esters is 1. The molecule has 6 rings (SSSR count). The zero-order chi connectivity index (χ0) is 47.4. The van der Waals surface area contributed by atoms with Gasteiger partial charge in [-0.05, 0) is 93.0 Å². The number of rotatable bonds is 28. The summed E-state index contributed by atoms with van der Waals surface area (Å²) in [4.78, 5) is 51.9. The highest BCUT2D eigenvalue weighted by atomic mass is 33.1. The molecule has 25 heteroatoms. The number of carbonyl (C=O) groups is 4. The van der Waals surface area contributed by atoms with Crippen LogP contribution in [0.2, 0.25) is 0 Å². The molecule has 0 spiro atoms. The number of benzene rings is 2. The van der Waals surface area contributed by atoms with Crippen LogP contribution >= 0.6 is 21.6 Å². The van der Waals surface area contributed by atoms with Crippen LogP contribution < -0.4 is 26.9 Å². The molecule has 1 saturated heterocycles. The molecule has 1 atom stereocenters. The molecule has 1 fully saturated rings. The Morgan fingerprint density at radius 3 is 1.75 bits per heavy atom. The van der Waals surface area contributed by atoms with Gasteiger partial charge in [-0.2, -0.15) is 0 Å². The highest BCUT2D eigenvalue weighted by molar-refractivity contribution is 8.77. The van der Waals surface area contributed by atoms with Crippen LogP contribution in [0.3, 0.4) is 0 Å². The number of hydrogen-bond donors (Lipinski definition) is 7. The molecule has 0 unspecified atom stereocenters. The molecule has 3 aromatic heterocycles. The molecule has 0 bridgehead atoms. The van der Waals surface area contributed by atoms with Crippen LogP contribution in [0.15, 0.2) is 67.1 Å². The van der Waals surface area contributed by atoms with Crippen molar-refractivity contribution < 1.29 is 44.0 Å². The molecule has 2 aromatic carbocycles. The van der Waals surface area contributed by atoms with Crippen molar-refractivity contribution in [2.45, 2.75) is 115 Å². The van der Waals surface area contributed by atoms with Crippen LogP contribution in [0.4, 0.5) is 11.4 Å². The molecule has 21 nitrogen and oxygen atoms in total. The summed E-state index contributed by atoms with van der Waals surface area (Å²) in [6.07, 6.45) is 13.1. The Kier molecular flexibility index (Phi) is 20.2. The van der Waals surface area contributed by atoms with Crippen LogP contribution in [0.5, 0.6) is 0 Å². The lowest BCUT2D eigenvalue weighted by Crippen LogP contribution is -2.30. The summed E-state index contributed by atoms with van der Waals surface area (Å²) in [5.41, 5.74) is 3.49. The minimum Gasteiger partial charge on any atom is -0.442 e. The number of nitrogens with one attached hydrogen (secondary N) is 3. The molecule has 356 valence electrons. The highest BCUT2D eigenvalue weighted by Gasteiger charge is 2.26. The van der Waals surface area contributed by atoms with Gasteiger partial charge in [0.1, 0.15) is 0 Å². The van der Waals surface area contributed by atoms with Gasteiger partial charge in [0.25, 0.3) is 0 Å². The van der Waals surface area contributed by atoms with Crippen molar-refractivity contribution in [3.63, 3.8) is 0 Å². The van der Waals surface area contributed by atoms with Crippen molar-refractivity contribution in [3.8, 4) is 0 Å². The van der Waals surface area contributed by atoms with E-state index >= 15 is 0 Å². The van der Waals surface area contributed by atoms with Gasteiger partial charge < -0.3 is 40.8 Å². The number of aryl methyl sites for hydroxylation is 2. The first kappa shape index (κ1) is 50.8. The summed E-state index contributed by atoms with van der Waals surface area (Å²) in [5, 5.41) is 71.8. The number of unbranched alkanes of at least 4 members (excludes halogenated alkanes) is 3. The molecular weight excluding hydrogens is 902 g/mol. The predicted molar refractivity (Wildman–Crippen MR) is 253 cm³/mol. The third-order valence-corrected chi connectivity index (χ3v) is 14.0. The summed E-state index contributed by atoms with van der Waals surface area (Å²) in [7, 11) is 0.557. The van der Waals surface area contributed by atoms with Gasteiger partial charge in [0, 0.05) is 41.6 Å². The minimum atomic E-state index is -1.65. The van der Waals surface area contributed by atoms with Gasteiger partial charge in [-0.1, -0.05) is 67.9 Å². The van der Waals surface area contributed by atoms with Gasteiger partial charge in [0.05, 0.1) is 61.2 Å². The first-order chi connectivity index (χ1) is 32.5. The van der Waals surface area contributed by atoms with Gasteiger partial charge in [0.15, 0.2) is 6.73 Å². The zero-order valence-electron chi connectivity index (χ0n) is 37.1. The molecule has 7 N–H and O–H groups in total. The molecular formula is C42H56B2N12O9S2. The van der Waals surface area contributed by atoms with Gasteiger partial charge >= 0.3 is 20.2 Å². The SMILES string of the molecule is O=C(CCCC[C@H]1CCSS1)NCc1cnnn1COC(=O)C(Cn1nncc1CCCCC(=O)Nc1cccc(B(O)O)c1)Cn1nncc1CCCCC(=O)Nc1cccc(B(O)O)c1. The van der Waals surface area contributed by atoms with Crippen molar-refractivity contribution in [2.24, 2.45) is 5.92 Å². The van der Waals surface area contributed by atoms with Crippen LogP contribution in [-0.4, -0.2) is 114 Å². The number of nitrogens with zero attached hydrogens (tertiary/aromatic N) is 9. The molecule has 5 aromatic rings.